The van der Waals surface area contributed by atoms with Gasteiger partial charge in [-0.3, -0.25) is 0 Å². The van der Waals surface area contributed by atoms with Gasteiger partial charge >= 0.3 is 0 Å². The predicted molar refractivity (Wildman–Crippen MR) is 133 cm³/mol. The second-order valence-corrected chi connectivity index (χ2v) is 13.3. The summed E-state index contributed by atoms with van der Waals surface area (Å²) < 4.78 is 60.7. The number of ether oxygens (including phenoxy) is 2. The van der Waals surface area contributed by atoms with Gasteiger partial charge in [-0.05, 0) is 36.4 Å². The van der Waals surface area contributed by atoms with Crippen molar-refractivity contribution in [2.45, 2.75) is 30.6 Å². The molecule has 0 spiro atoms. The van der Waals surface area contributed by atoms with Gasteiger partial charge in [0.15, 0.2) is 5.75 Å². The standard InChI is InChI=1S/C22H27Cl3O6S2/c1-4-32(26,27)14-16(3)13-30-17-5-7-18(8-6-17)33(28,29)19-9-20(24)22(21(25)10-19)31-12-15(2)11-23/h5-10,15-16H,4,11-14H2,1-3H3/t15-,16-/m0/s1. The van der Waals surface area contributed by atoms with Crippen molar-refractivity contribution in [3.63, 3.8) is 0 Å². The van der Waals surface area contributed by atoms with Gasteiger partial charge in [-0.15, -0.1) is 11.6 Å². The zero-order valence-corrected chi connectivity index (χ0v) is 22.5. The van der Waals surface area contributed by atoms with Crippen LogP contribution in [0, 0.1) is 11.8 Å². The van der Waals surface area contributed by atoms with Gasteiger partial charge in [0, 0.05) is 23.5 Å². The van der Waals surface area contributed by atoms with Crippen LogP contribution < -0.4 is 9.47 Å². The summed E-state index contributed by atoms with van der Waals surface area (Å²) in [6.45, 7) is 5.77. The zero-order chi connectivity index (χ0) is 24.8. The predicted octanol–water partition coefficient (Wildman–Crippen LogP) is 5.53. The minimum Gasteiger partial charge on any atom is -0.493 e. The average Bonchev–Trinajstić information content (AvgIpc) is 2.76. The smallest absolute Gasteiger partial charge is 0.206 e. The van der Waals surface area contributed by atoms with E-state index in [1.807, 2.05) is 6.92 Å². The van der Waals surface area contributed by atoms with Crippen LogP contribution in [-0.2, 0) is 19.7 Å². The Morgan fingerprint density at radius 2 is 1.39 bits per heavy atom. The van der Waals surface area contributed by atoms with E-state index >= 15 is 0 Å². The van der Waals surface area contributed by atoms with Crippen LogP contribution in [0.1, 0.15) is 20.8 Å². The van der Waals surface area contributed by atoms with E-state index in [1.165, 1.54) is 36.4 Å². The van der Waals surface area contributed by atoms with E-state index in [0.29, 0.717) is 18.2 Å². The van der Waals surface area contributed by atoms with Gasteiger partial charge in [0.1, 0.15) is 15.6 Å². The molecule has 2 rings (SSSR count). The Labute approximate surface area is 211 Å². The lowest BCUT2D eigenvalue weighted by atomic mass is 10.2. The van der Waals surface area contributed by atoms with Gasteiger partial charge < -0.3 is 9.47 Å². The van der Waals surface area contributed by atoms with E-state index < -0.39 is 19.7 Å². The topological polar surface area (TPSA) is 86.7 Å². The van der Waals surface area contributed by atoms with Crippen molar-refractivity contribution >= 4 is 54.5 Å². The molecule has 184 valence electrons. The molecular formula is C22H27Cl3O6S2. The van der Waals surface area contributed by atoms with E-state index in [9.17, 15) is 16.8 Å². The Balaban J connectivity index is 2.14. The fourth-order valence-electron chi connectivity index (χ4n) is 2.79. The van der Waals surface area contributed by atoms with Gasteiger partial charge in [-0.2, -0.15) is 0 Å². The Bertz CT molecular complexity index is 1130. The highest BCUT2D eigenvalue weighted by Crippen LogP contribution is 2.37. The number of hydrogen-bond acceptors (Lipinski definition) is 6. The third-order valence-corrected chi connectivity index (χ3v) is 9.50. The van der Waals surface area contributed by atoms with Gasteiger partial charge in [-0.25, -0.2) is 16.8 Å². The summed E-state index contributed by atoms with van der Waals surface area (Å²) in [6.07, 6.45) is 0. The quantitative estimate of drug-likeness (QED) is 0.319. The van der Waals surface area contributed by atoms with Gasteiger partial charge in [0.05, 0.1) is 38.8 Å². The normalized spacial score (nSPS) is 14.0. The molecule has 0 unspecified atom stereocenters. The minimum atomic E-state index is -3.89. The molecule has 0 aliphatic rings. The molecule has 0 saturated heterocycles. The minimum absolute atomic E-state index is 0.0297. The average molecular weight is 558 g/mol. The van der Waals surface area contributed by atoms with Gasteiger partial charge in [0.2, 0.25) is 9.84 Å². The van der Waals surface area contributed by atoms with Crippen LogP contribution in [0.5, 0.6) is 11.5 Å². The van der Waals surface area contributed by atoms with Crippen LogP contribution in [0.25, 0.3) is 0 Å². The fourth-order valence-corrected chi connectivity index (χ4v) is 6.11. The van der Waals surface area contributed by atoms with Crippen molar-refractivity contribution < 1.29 is 26.3 Å². The second kappa shape index (κ2) is 12.0. The molecule has 6 nitrogen and oxygen atoms in total. The maximum Gasteiger partial charge on any atom is 0.206 e. The largest absolute Gasteiger partial charge is 0.493 e. The Morgan fingerprint density at radius 3 is 1.91 bits per heavy atom. The second-order valence-electron chi connectivity index (χ2n) is 7.88. The van der Waals surface area contributed by atoms with Crippen molar-refractivity contribution in [3.05, 3.63) is 46.4 Å². The maximum atomic E-state index is 13.0. The molecule has 0 radical (unpaired) electrons. The number of alkyl halides is 1. The first kappa shape index (κ1) is 28.1. The third-order valence-electron chi connectivity index (χ3n) is 4.70. The molecule has 0 aliphatic carbocycles. The zero-order valence-electron chi connectivity index (χ0n) is 18.6. The molecule has 0 N–H and O–H groups in total. The monoisotopic (exact) mass is 556 g/mol. The van der Waals surface area contributed by atoms with Gasteiger partial charge in [0.25, 0.3) is 0 Å². The van der Waals surface area contributed by atoms with Crippen molar-refractivity contribution in [1.29, 1.82) is 0 Å². The first-order valence-electron chi connectivity index (χ1n) is 10.3. The van der Waals surface area contributed by atoms with E-state index in [2.05, 4.69) is 0 Å². The van der Waals surface area contributed by atoms with E-state index in [0.717, 1.165) is 0 Å². The number of sulfone groups is 2. The molecule has 33 heavy (non-hydrogen) atoms. The first-order valence-corrected chi connectivity index (χ1v) is 14.8. The van der Waals surface area contributed by atoms with Crippen LogP contribution in [0.15, 0.2) is 46.2 Å². The molecule has 2 aromatic rings. The SMILES string of the molecule is CCS(=O)(=O)C[C@@H](C)COc1ccc(S(=O)(=O)c2cc(Cl)c(OC[C@@H](C)CCl)c(Cl)c2)cc1. The summed E-state index contributed by atoms with van der Waals surface area (Å²) >= 11 is 18.2. The van der Waals surface area contributed by atoms with Crippen molar-refractivity contribution in [1.82, 2.24) is 0 Å². The molecule has 0 aliphatic heterocycles. The van der Waals surface area contributed by atoms with Crippen molar-refractivity contribution in [2.75, 3.05) is 30.6 Å². The summed E-state index contributed by atoms with van der Waals surface area (Å²) in [5, 5.41) is 0.164. The molecule has 0 bridgehead atoms. The molecule has 2 aromatic carbocycles. The van der Waals surface area contributed by atoms with Crippen LogP contribution in [0.3, 0.4) is 0 Å². The highest BCUT2D eigenvalue weighted by atomic mass is 35.5. The van der Waals surface area contributed by atoms with E-state index in [-0.39, 0.29) is 55.5 Å². The molecule has 0 saturated carbocycles. The molecule has 0 fully saturated rings. The Hall–Kier alpha value is -1.19. The van der Waals surface area contributed by atoms with Crippen LogP contribution in [0.2, 0.25) is 10.0 Å². The molecule has 0 amide bonds. The summed E-state index contributed by atoms with van der Waals surface area (Å²) in [6, 6.07) is 8.44. The lowest BCUT2D eigenvalue weighted by Crippen LogP contribution is -2.20. The summed E-state index contributed by atoms with van der Waals surface area (Å²) in [5.41, 5.74) is 0. The van der Waals surface area contributed by atoms with E-state index in [1.54, 1.807) is 13.8 Å². The van der Waals surface area contributed by atoms with Crippen LogP contribution in [-0.4, -0.2) is 47.4 Å². The number of hydrogen-bond donors (Lipinski definition) is 0. The highest BCUT2D eigenvalue weighted by molar-refractivity contribution is 7.91. The lowest BCUT2D eigenvalue weighted by molar-refractivity contribution is 0.271. The Morgan fingerprint density at radius 1 is 0.848 bits per heavy atom. The van der Waals surface area contributed by atoms with Crippen molar-refractivity contribution in [2.24, 2.45) is 11.8 Å². The highest BCUT2D eigenvalue weighted by Gasteiger charge is 2.22. The molecular weight excluding hydrogens is 531 g/mol. The molecule has 11 heteroatoms. The van der Waals surface area contributed by atoms with Gasteiger partial charge in [-0.1, -0.05) is 44.0 Å². The van der Waals surface area contributed by atoms with Crippen LogP contribution in [0.4, 0.5) is 0 Å². The number of rotatable bonds is 12. The number of benzene rings is 2. The fraction of sp³-hybridized carbons (Fsp3) is 0.455. The molecule has 0 heterocycles. The Kier molecular flexibility index (Phi) is 10.2. The van der Waals surface area contributed by atoms with Crippen LogP contribution >= 0.6 is 34.8 Å². The summed E-state index contributed by atoms with van der Waals surface area (Å²) in [7, 11) is -6.99. The molecule has 0 aromatic heterocycles. The summed E-state index contributed by atoms with van der Waals surface area (Å²) in [5.74, 6) is 1.02. The third kappa shape index (κ3) is 7.92. The number of halogens is 3. The van der Waals surface area contributed by atoms with Crippen molar-refractivity contribution in [3.8, 4) is 11.5 Å². The molecule has 2 atom stereocenters. The summed E-state index contributed by atoms with van der Waals surface area (Å²) in [4.78, 5) is -0.0321. The lowest BCUT2D eigenvalue weighted by Gasteiger charge is -2.15. The van der Waals surface area contributed by atoms with E-state index in [4.69, 9.17) is 44.3 Å². The maximum absolute atomic E-state index is 13.0. The first-order chi connectivity index (χ1) is 15.4.